The van der Waals surface area contributed by atoms with Gasteiger partial charge in [-0.05, 0) is 50.4 Å². The average molecular weight is 246 g/mol. The fraction of sp³-hybridized carbons (Fsp3) is 0.533. The molecule has 0 bridgehead atoms. The monoisotopic (exact) mass is 246 g/mol. The molecule has 3 nitrogen and oxygen atoms in total. The molecule has 1 aliphatic rings. The minimum absolute atomic E-state index is 0.149. The summed E-state index contributed by atoms with van der Waals surface area (Å²) in [6.45, 7) is 4.14. The third-order valence-electron chi connectivity index (χ3n) is 3.55. The van der Waals surface area contributed by atoms with Crippen LogP contribution in [0.25, 0.3) is 0 Å². The summed E-state index contributed by atoms with van der Waals surface area (Å²) in [5.41, 5.74) is 2.32. The second-order valence-electron chi connectivity index (χ2n) is 5.05. The van der Waals surface area contributed by atoms with Crippen molar-refractivity contribution in [3.05, 3.63) is 35.4 Å². The van der Waals surface area contributed by atoms with E-state index in [0.29, 0.717) is 12.5 Å². The van der Waals surface area contributed by atoms with Gasteiger partial charge < -0.3 is 10.6 Å². The van der Waals surface area contributed by atoms with Crippen molar-refractivity contribution >= 4 is 5.91 Å². The molecule has 3 heteroatoms. The van der Waals surface area contributed by atoms with Gasteiger partial charge in [-0.2, -0.15) is 0 Å². The molecular weight excluding hydrogens is 224 g/mol. The molecule has 18 heavy (non-hydrogen) atoms. The highest BCUT2D eigenvalue weighted by Crippen LogP contribution is 2.09. The molecule has 2 N–H and O–H groups in total. The maximum Gasteiger partial charge on any atom is 0.224 e. The summed E-state index contributed by atoms with van der Waals surface area (Å²) >= 11 is 0. The standard InChI is InChI=1S/C15H22N2O/c1-12-5-2-3-6-13(12)11-15(18)17-14-7-4-9-16-10-8-14/h2-3,5-6,14,16H,4,7-11H2,1H3,(H,17,18). The van der Waals surface area contributed by atoms with E-state index in [1.165, 1.54) is 5.56 Å². The molecule has 0 saturated carbocycles. The zero-order valence-corrected chi connectivity index (χ0v) is 11.0. The molecule has 1 aromatic rings. The SMILES string of the molecule is Cc1ccccc1CC(=O)NC1CCCNCC1. The summed E-state index contributed by atoms with van der Waals surface area (Å²) in [4.78, 5) is 12.0. The molecular formula is C15H22N2O. The second kappa shape index (κ2) is 6.55. The summed E-state index contributed by atoms with van der Waals surface area (Å²) in [6.07, 6.45) is 3.78. The number of rotatable bonds is 3. The fourth-order valence-corrected chi connectivity index (χ4v) is 2.42. The zero-order chi connectivity index (χ0) is 12.8. The van der Waals surface area contributed by atoms with Gasteiger partial charge in [-0.1, -0.05) is 24.3 Å². The number of nitrogens with one attached hydrogen (secondary N) is 2. The van der Waals surface area contributed by atoms with E-state index in [2.05, 4.69) is 23.6 Å². The van der Waals surface area contributed by atoms with Crippen LogP contribution in [0.15, 0.2) is 24.3 Å². The third kappa shape index (κ3) is 3.84. The van der Waals surface area contributed by atoms with E-state index in [4.69, 9.17) is 0 Å². The molecule has 2 rings (SSSR count). The van der Waals surface area contributed by atoms with Gasteiger partial charge in [0, 0.05) is 6.04 Å². The Hall–Kier alpha value is -1.35. The Labute approximate surface area is 109 Å². The Balaban J connectivity index is 1.86. The van der Waals surface area contributed by atoms with E-state index in [0.717, 1.165) is 37.9 Å². The van der Waals surface area contributed by atoms with Crippen molar-refractivity contribution in [1.29, 1.82) is 0 Å². The van der Waals surface area contributed by atoms with Crippen LogP contribution in [0.5, 0.6) is 0 Å². The number of hydrogen-bond acceptors (Lipinski definition) is 2. The van der Waals surface area contributed by atoms with Crippen LogP contribution in [0.4, 0.5) is 0 Å². The lowest BCUT2D eigenvalue weighted by atomic mass is 10.0. The van der Waals surface area contributed by atoms with Gasteiger partial charge in [0.05, 0.1) is 6.42 Å². The Morgan fingerprint density at radius 1 is 1.33 bits per heavy atom. The van der Waals surface area contributed by atoms with Crippen LogP contribution in [0, 0.1) is 6.92 Å². The lowest BCUT2D eigenvalue weighted by Crippen LogP contribution is -2.36. The normalized spacial score (nSPS) is 20.2. The molecule has 1 aromatic carbocycles. The number of amides is 1. The lowest BCUT2D eigenvalue weighted by Gasteiger charge is -2.16. The van der Waals surface area contributed by atoms with Crippen LogP contribution < -0.4 is 10.6 Å². The van der Waals surface area contributed by atoms with Crippen LogP contribution in [0.2, 0.25) is 0 Å². The number of carbonyl (C=O) groups excluding carboxylic acids is 1. The largest absolute Gasteiger partial charge is 0.353 e. The maximum atomic E-state index is 12.0. The highest BCUT2D eigenvalue weighted by atomic mass is 16.1. The van der Waals surface area contributed by atoms with Gasteiger partial charge in [0.1, 0.15) is 0 Å². The van der Waals surface area contributed by atoms with E-state index in [-0.39, 0.29) is 5.91 Å². The Kier molecular flexibility index (Phi) is 4.76. The highest BCUT2D eigenvalue weighted by molar-refractivity contribution is 5.79. The average Bonchev–Trinajstić information content (AvgIpc) is 2.61. The quantitative estimate of drug-likeness (QED) is 0.854. The Morgan fingerprint density at radius 3 is 3.00 bits per heavy atom. The first kappa shape index (κ1) is 13.1. The van der Waals surface area contributed by atoms with Gasteiger partial charge in [0.15, 0.2) is 0 Å². The van der Waals surface area contributed by atoms with Crippen LogP contribution >= 0.6 is 0 Å². The third-order valence-corrected chi connectivity index (χ3v) is 3.55. The Bertz CT molecular complexity index is 395. The van der Waals surface area contributed by atoms with Gasteiger partial charge in [0.25, 0.3) is 0 Å². The zero-order valence-electron chi connectivity index (χ0n) is 11.0. The Morgan fingerprint density at radius 2 is 2.17 bits per heavy atom. The molecule has 1 atom stereocenters. The topological polar surface area (TPSA) is 41.1 Å². The molecule has 0 radical (unpaired) electrons. The van der Waals surface area contributed by atoms with E-state index < -0.39 is 0 Å². The van der Waals surface area contributed by atoms with Crippen molar-refractivity contribution in [2.75, 3.05) is 13.1 Å². The first-order valence-electron chi connectivity index (χ1n) is 6.80. The lowest BCUT2D eigenvalue weighted by molar-refractivity contribution is -0.121. The number of hydrogen-bond donors (Lipinski definition) is 2. The van der Waals surface area contributed by atoms with Crippen molar-refractivity contribution in [2.24, 2.45) is 0 Å². The number of benzene rings is 1. The van der Waals surface area contributed by atoms with Crippen molar-refractivity contribution in [2.45, 2.75) is 38.6 Å². The van der Waals surface area contributed by atoms with Gasteiger partial charge in [-0.3, -0.25) is 4.79 Å². The fourth-order valence-electron chi connectivity index (χ4n) is 2.42. The first-order chi connectivity index (χ1) is 8.75. The summed E-state index contributed by atoms with van der Waals surface area (Å²) in [5.74, 6) is 0.149. The summed E-state index contributed by atoms with van der Waals surface area (Å²) in [7, 11) is 0. The minimum Gasteiger partial charge on any atom is -0.353 e. The van der Waals surface area contributed by atoms with Crippen molar-refractivity contribution < 1.29 is 4.79 Å². The van der Waals surface area contributed by atoms with Crippen molar-refractivity contribution in [3.63, 3.8) is 0 Å². The van der Waals surface area contributed by atoms with Crippen molar-refractivity contribution in [3.8, 4) is 0 Å². The molecule has 0 aromatic heterocycles. The van der Waals surface area contributed by atoms with Gasteiger partial charge in [-0.25, -0.2) is 0 Å². The van der Waals surface area contributed by atoms with Gasteiger partial charge in [-0.15, -0.1) is 0 Å². The predicted molar refractivity (Wildman–Crippen MR) is 73.5 cm³/mol. The molecule has 1 amide bonds. The highest BCUT2D eigenvalue weighted by Gasteiger charge is 2.14. The van der Waals surface area contributed by atoms with Crippen LogP contribution in [0.3, 0.4) is 0 Å². The number of aryl methyl sites for hydroxylation is 1. The van der Waals surface area contributed by atoms with Crippen LogP contribution in [-0.2, 0) is 11.2 Å². The van der Waals surface area contributed by atoms with E-state index >= 15 is 0 Å². The molecule has 1 saturated heterocycles. The smallest absolute Gasteiger partial charge is 0.224 e. The van der Waals surface area contributed by atoms with E-state index in [1.807, 2.05) is 18.2 Å². The maximum absolute atomic E-state index is 12.0. The van der Waals surface area contributed by atoms with Gasteiger partial charge >= 0.3 is 0 Å². The molecule has 1 unspecified atom stereocenters. The summed E-state index contributed by atoms with van der Waals surface area (Å²) in [5, 5.41) is 6.51. The molecule has 98 valence electrons. The van der Waals surface area contributed by atoms with Crippen LogP contribution in [-0.4, -0.2) is 25.0 Å². The van der Waals surface area contributed by atoms with Crippen LogP contribution in [0.1, 0.15) is 30.4 Å². The van der Waals surface area contributed by atoms with E-state index in [1.54, 1.807) is 0 Å². The summed E-state index contributed by atoms with van der Waals surface area (Å²) < 4.78 is 0. The number of carbonyl (C=O) groups is 1. The molecule has 1 heterocycles. The first-order valence-corrected chi connectivity index (χ1v) is 6.80. The molecule has 0 aliphatic carbocycles. The van der Waals surface area contributed by atoms with Gasteiger partial charge in [0.2, 0.25) is 5.91 Å². The molecule has 1 fully saturated rings. The van der Waals surface area contributed by atoms with E-state index in [9.17, 15) is 4.79 Å². The minimum atomic E-state index is 0.149. The summed E-state index contributed by atoms with van der Waals surface area (Å²) in [6, 6.07) is 8.43. The predicted octanol–water partition coefficient (Wildman–Crippen LogP) is 1.80. The molecule has 1 aliphatic heterocycles. The molecule has 0 spiro atoms. The second-order valence-corrected chi connectivity index (χ2v) is 5.05. The van der Waals surface area contributed by atoms with Crippen molar-refractivity contribution in [1.82, 2.24) is 10.6 Å².